The van der Waals surface area contributed by atoms with E-state index in [2.05, 4.69) is 10.3 Å². The molecule has 2 aromatic carbocycles. The second-order valence-electron chi connectivity index (χ2n) is 6.18. The van der Waals surface area contributed by atoms with Crippen molar-refractivity contribution in [2.24, 2.45) is 0 Å². The Balaban J connectivity index is 1.87. The number of ketones is 1. The largest absolute Gasteiger partial charge is 0.493 e. The minimum absolute atomic E-state index is 0.130. The van der Waals surface area contributed by atoms with E-state index < -0.39 is 0 Å². The van der Waals surface area contributed by atoms with E-state index in [1.54, 1.807) is 76.1 Å². The van der Waals surface area contributed by atoms with Gasteiger partial charge in [-0.3, -0.25) is 4.79 Å². The van der Waals surface area contributed by atoms with Crippen molar-refractivity contribution in [1.82, 2.24) is 4.98 Å². The molecule has 1 aromatic heterocycles. The van der Waals surface area contributed by atoms with Gasteiger partial charge in [0.25, 0.3) is 0 Å². The van der Waals surface area contributed by atoms with E-state index >= 15 is 0 Å². The van der Waals surface area contributed by atoms with Gasteiger partial charge in [0.15, 0.2) is 17.3 Å². The maximum absolute atomic E-state index is 12.4. The maximum Gasteiger partial charge on any atom is 0.203 e. The zero-order chi connectivity index (χ0) is 21.5. The van der Waals surface area contributed by atoms with E-state index in [4.69, 9.17) is 25.8 Å². The molecule has 0 fully saturated rings. The number of aromatic nitrogens is 1. The first-order valence-electron chi connectivity index (χ1n) is 9.05. The van der Waals surface area contributed by atoms with Crippen LogP contribution >= 0.6 is 11.6 Å². The molecule has 1 N–H and O–H groups in total. The van der Waals surface area contributed by atoms with Crippen LogP contribution in [0.3, 0.4) is 0 Å². The van der Waals surface area contributed by atoms with E-state index in [-0.39, 0.29) is 5.78 Å². The molecule has 0 aliphatic rings. The fraction of sp³-hybridized carbons (Fsp3) is 0.130. The van der Waals surface area contributed by atoms with Gasteiger partial charge in [-0.15, -0.1) is 0 Å². The van der Waals surface area contributed by atoms with Gasteiger partial charge in [0.2, 0.25) is 5.75 Å². The molecule has 30 heavy (non-hydrogen) atoms. The van der Waals surface area contributed by atoms with Crippen LogP contribution in [0.5, 0.6) is 17.2 Å². The van der Waals surface area contributed by atoms with Crippen LogP contribution in [0.25, 0.3) is 6.08 Å². The van der Waals surface area contributed by atoms with Crippen molar-refractivity contribution in [2.45, 2.75) is 0 Å². The lowest BCUT2D eigenvalue weighted by molar-refractivity contribution is 0.104. The van der Waals surface area contributed by atoms with Gasteiger partial charge in [-0.05, 0) is 48.6 Å². The Kier molecular flexibility index (Phi) is 6.93. The number of nitrogens with zero attached hydrogens (tertiary/aromatic N) is 1. The molecule has 0 unspecified atom stereocenters. The van der Waals surface area contributed by atoms with Crippen LogP contribution in [0.1, 0.15) is 15.9 Å². The number of anilines is 2. The Labute approximate surface area is 180 Å². The molecule has 0 aliphatic carbocycles. The number of rotatable bonds is 8. The third-order valence-electron chi connectivity index (χ3n) is 4.31. The molecule has 0 spiro atoms. The molecule has 3 rings (SSSR count). The lowest BCUT2D eigenvalue weighted by Crippen LogP contribution is -2.00. The van der Waals surface area contributed by atoms with Gasteiger partial charge in [-0.1, -0.05) is 11.6 Å². The SMILES string of the molecule is COc1cc(Nc2ncccc2C=CC(=O)c2ccc(Cl)cc2)cc(OC)c1OC. The number of pyridine rings is 1. The van der Waals surface area contributed by atoms with Gasteiger partial charge >= 0.3 is 0 Å². The van der Waals surface area contributed by atoms with Gasteiger partial charge in [-0.2, -0.15) is 0 Å². The Morgan fingerprint density at radius 3 is 2.27 bits per heavy atom. The normalized spacial score (nSPS) is 10.7. The smallest absolute Gasteiger partial charge is 0.203 e. The highest BCUT2D eigenvalue weighted by Gasteiger charge is 2.14. The van der Waals surface area contributed by atoms with E-state index in [1.165, 1.54) is 6.08 Å². The summed E-state index contributed by atoms with van der Waals surface area (Å²) in [5.41, 5.74) is 1.99. The van der Waals surface area contributed by atoms with Crippen LogP contribution in [-0.2, 0) is 0 Å². The summed E-state index contributed by atoms with van der Waals surface area (Å²) < 4.78 is 16.1. The van der Waals surface area contributed by atoms with Crippen LogP contribution < -0.4 is 19.5 Å². The van der Waals surface area contributed by atoms with E-state index in [0.29, 0.717) is 39.3 Å². The van der Waals surface area contributed by atoms with Crippen molar-refractivity contribution >= 4 is 35.0 Å². The highest BCUT2D eigenvalue weighted by atomic mass is 35.5. The number of hydrogen-bond acceptors (Lipinski definition) is 6. The minimum atomic E-state index is -0.130. The Bertz CT molecular complexity index is 1040. The first kappa shape index (κ1) is 21.2. The predicted molar refractivity (Wildman–Crippen MR) is 118 cm³/mol. The lowest BCUT2D eigenvalue weighted by atomic mass is 10.1. The summed E-state index contributed by atoms with van der Waals surface area (Å²) in [6.45, 7) is 0. The summed E-state index contributed by atoms with van der Waals surface area (Å²) in [7, 11) is 4.66. The average molecular weight is 425 g/mol. The zero-order valence-corrected chi connectivity index (χ0v) is 17.6. The molecule has 0 radical (unpaired) electrons. The van der Waals surface area contributed by atoms with E-state index in [9.17, 15) is 4.79 Å². The van der Waals surface area contributed by atoms with Crippen molar-refractivity contribution in [3.8, 4) is 17.2 Å². The fourth-order valence-electron chi connectivity index (χ4n) is 2.82. The van der Waals surface area contributed by atoms with Crippen LogP contribution in [0.15, 0.2) is 60.8 Å². The number of allylic oxidation sites excluding steroid dienone is 1. The molecule has 1 heterocycles. The number of hydrogen-bond donors (Lipinski definition) is 1. The van der Waals surface area contributed by atoms with Gasteiger partial charge in [-0.25, -0.2) is 4.98 Å². The number of methoxy groups -OCH3 is 3. The summed E-state index contributed by atoms with van der Waals surface area (Å²) in [5, 5.41) is 3.82. The van der Waals surface area contributed by atoms with Crippen molar-refractivity contribution in [1.29, 1.82) is 0 Å². The Morgan fingerprint density at radius 2 is 1.67 bits per heavy atom. The molecule has 154 valence electrons. The second-order valence-corrected chi connectivity index (χ2v) is 6.62. The average Bonchev–Trinajstić information content (AvgIpc) is 2.78. The van der Waals surface area contributed by atoms with Gasteiger partial charge in [0, 0.05) is 40.2 Å². The highest BCUT2D eigenvalue weighted by molar-refractivity contribution is 6.30. The molecule has 7 heteroatoms. The molecule has 3 aromatic rings. The molecular weight excluding hydrogens is 404 g/mol. The number of benzene rings is 2. The monoisotopic (exact) mass is 424 g/mol. The molecule has 0 bridgehead atoms. The van der Waals surface area contributed by atoms with Crippen LogP contribution in [0, 0.1) is 0 Å². The molecule has 0 saturated carbocycles. The first-order chi connectivity index (χ1) is 14.5. The predicted octanol–water partition coefficient (Wildman–Crippen LogP) is 5.40. The molecule has 0 aliphatic heterocycles. The maximum atomic E-state index is 12.4. The number of carbonyl (C=O) groups is 1. The molecular formula is C23H21ClN2O4. The van der Waals surface area contributed by atoms with Crippen LogP contribution in [0.4, 0.5) is 11.5 Å². The summed E-state index contributed by atoms with van der Waals surface area (Å²) in [6.07, 6.45) is 4.88. The van der Waals surface area contributed by atoms with Crippen molar-refractivity contribution in [3.63, 3.8) is 0 Å². The molecule has 0 amide bonds. The minimum Gasteiger partial charge on any atom is -0.493 e. The number of ether oxygens (including phenoxy) is 3. The molecule has 6 nitrogen and oxygen atoms in total. The lowest BCUT2D eigenvalue weighted by Gasteiger charge is -2.15. The van der Waals surface area contributed by atoms with Gasteiger partial charge < -0.3 is 19.5 Å². The van der Waals surface area contributed by atoms with Gasteiger partial charge in [0.1, 0.15) is 5.82 Å². The Hall–Kier alpha value is -3.51. The summed E-state index contributed by atoms with van der Waals surface area (Å²) in [5.74, 6) is 1.98. The fourth-order valence-corrected chi connectivity index (χ4v) is 2.95. The van der Waals surface area contributed by atoms with Crippen molar-refractivity contribution in [3.05, 3.63) is 77.0 Å². The van der Waals surface area contributed by atoms with Crippen LogP contribution in [0.2, 0.25) is 5.02 Å². The zero-order valence-electron chi connectivity index (χ0n) is 16.8. The number of carbonyl (C=O) groups excluding carboxylic acids is 1. The van der Waals surface area contributed by atoms with Crippen LogP contribution in [-0.4, -0.2) is 32.1 Å². The topological polar surface area (TPSA) is 69.7 Å². The van der Waals surface area contributed by atoms with E-state index in [1.807, 2.05) is 6.07 Å². The second kappa shape index (κ2) is 9.80. The van der Waals surface area contributed by atoms with Gasteiger partial charge in [0.05, 0.1) is 21.3 Å². The van der Waals surface area contributed by atoms with Crippen molar-refractivity contribution in [2.75, 3.05) is 26.6 Å². The highest BCUT2D eigenvalue weighted by Crippen LogP contribution is 2.40. The summed E-state index contributed by atoms with van der Waals surface area (Å²) in [4.78, 5) is 16.8. The quantitative estimate of drug-likeness (QED) is 0.385. The van der Waals surface area contributed by atoms with Crippen molar-refractivity contribution < 1.29 is 19.0 Å². The summed E-state index contributed by atoms with van der Waals surface area (Å²) >= 11 is 5.88. The first-order valence-corrected chi connectivity index (χ1v) is 9.43. The Morgan fingerprint density at radius 1 is 1.00 bits per heavy atom. The molecule has 0 saturated heterocycles. The molecule has 0 atom stereocenters. The number of nitrogens with one attached hydrogen (secondary N) is 1. The third kappa shape index (κ3) is 4.90. The standard InChI is InChI=1S/C23H21ClN2O4/c1-28-20-13-18(14-21(29-2)22(20)30-3)26-23-16(5-4-12-25-23)8-11-19(27)15-6-9-17(24)10-7-15/h4-14H,1-3H3,(H,25,26). The number of halogens is 1. The van der Waals surface area contributed by atoms with E-state index in [0.717, 1.165) is 5.56 Å². The third-order valence-corrected chi connectivity index (χ3v) is 4.56. The summed E-state index contributed by atoms with van der Waals surface area (Å²) in [6, 6.07) is 14.0.